The molecule has 0 aromatic heterocycles. The molecule has 3 heteroatoms. The zero-order valence-corrected chi connectivity index (χ0v) is 9.53. The number of aliphatic hydroxyl groups is 1. The number of benzene rings is 1. The summed E-state index contributed by atoms with van der Waals surface area (Å²) >= 11 is 0. The van der Waals surface area contributed by atoms with Crippen LogP contribution in [0.2, 0.25) is 0 Å². The maximum absolute atomic E-state index is 9.15. The second-order valence-electron chi connectivity index (χ2n) is 3.75. The van der Waals surface area contributed by atoms with Crippen molar-refractivity contribution in [3.63, 3.8) is 0 Å². The molecule has 0 aliphatic heterocycles. The van der Waals surface area contributed by atoms with Crippen LogP contribution in [0.3, 0.4) is 0 Å². The van der Waals surface area contributed by atoms with Gasteiger partial charge in [-0.15, -0.1) is 0 Å². The predicted molar refractivity (Wildman–Crippen MR) is 61.1 cm³/mol. The van der Waals surface area contributed by atoms with Crippen molar-refractivity contribution in [1.82, 2.24) is 5.32 Å². The molecule has 0 spiro atoms. The molecule has 2 atom stereocenters. The molecule has 0 bridgehead atoms. The summed E-state index contributed by atoms with van der Waals surface area (Å²) in [6.07, 6.45) is -0.314. The van der Waals surface area contributed by atoms with E-state index in [1.54, 1.807) is 14.0 Å². The molecular formula is C12H19NO2. The van der Waals surface area contributed by atoms with Crippen LogP contribution < -0.4 is 10.1 Å². The first kappa shape index (κ1) is 12.0. The van der Waals surface area contributed by atoms with Crippen LogP contribution in [0.25, 0.3) is 0 Å². The minimum Gasteiger partial charge on any atom is -0.497 e. The zero-order chi connectivity index (χ0) is 11.3. The first-order valence-corrected chi connectivity index (χ1v) is 5.19. The SMILES string of the molecule is COc1ccc(C(C)NC[C@H](C)O)cc1. The average Bonchev–Trinajstić information content (AvgIpc) is 2.26. The Balaban J connectivity index is 2.54. The third-order valence-corrected chi connectivity index (χ3v) is 2.34. The summed E-state index contributed by atoms with van der Waals surface area (Å²) < 4.78 is 5.09. The second-order valence-corrected chi connectivity index (χ2v) is 3.75. The molecular weight excluding hydrogens is 190 g/mol. The molecule has 0 aliphatic rings. The van der Waals surface area contributed by atoms with Crippen LogP contribution in [0.15, 0.2) is 24.3 Å². The number of nitrogens with one attached hydrogen (secondary N) is 1. The van der Waals surface area contributed by atoms with Crippen LogP contribution in [-0.2, 0) is 0 Å². The normalized spacial score (nSPS) is 14.7. The Labute approximate surface area is 91.1 Å². The smallest absolute Gasteiger partial charge is 0.118 e. The molecule has 0 saturated heterocycles. The molecule has 2 N–H and O–H groups in total. The van der Waals surface area contributed by atoms with Gasteiger partial charge in [-0.3, -0.25) is 0 Å². The molecule has 0 fully saturated rings. The Morgan fingerprint density at radius 1 is 1.27 bits per heavy atom. The van der Waals surface area contributed by atoms with Gasteiger partial charge in [0.25, 0.3) is 0 Å². The summed E-state index contributed by atoms with van der Waals surface area (Å²) in [6.45, 7) is 4.45. The van der Waals surface area contributed by atoms with Gasteiger partial charge in [0.05, 0.1) is 13.2 Å². The van der Waals surface area contributed by atoms with Crippen LogP contribution in [0, 0.1) is 0 Å². The minimum absolute atomic E-state index is 0.241. The van der Waals surface area contributed by atoms with E-state index in [-0.39, 0.29) is 12.1 Å². The molecule has 0 heterocycles. The Morgan fingerprint density at radius 3 is 2.33 bits per heavy atom. The van der Waals surface area contributed by atoms with Crippen molar-refractivity contribution in [2.24, 2.45) is 0 Å². The quantitative estimate of drug-likeness (QED) is 0.776. The average molecular weight is 209 g/mol. The lowest BCUT2D eigenvalue weighted by molar-refractivity contribution is 0.187. The highest BCUT2D eigenvalue weighted by atomic mass is 16.5. The fourth-order valence-corrected chi connectivity index (χ4v) is 1.36. The molecule has 0 saturated carbocycles. The summed E-state index contributed by atoms with van der Waals surface area (Å²) in [5.74, 6) is 0.862. The lowest BCUT2D eigenvalue weighted by Gasteiger charge is -2.15. The summed E-state index contributed by atoms with van der Waals surface area (Å²) in [5.41, 5.74) is 1.19. The minimum atomic E-state index is -0.314. The molecule has 3 nitrogen and oxygen atoms in total. The fourth-order valence-electron chi connectivity index (χ4n) is 1.36. The van der Waals surface area contributed by atoms with E-state index in [9.17, 15) is 0 Å². The highest BCUT2D eigenvalue weighted by Crippen LogP contribution is 2.16. The van der Waals surface area contributed by atoms with Crippen molar-refractivity contribution in [1.29, 1.82) is 0 Å². The number of aliphatic hydroxyl groups excluding tert-OH is 1. The lowest BCUT2D eigenvalue weighted by Crippen LogP contribution is -2.27. The van der Waals surface area contributed by atoms with E-state index in [4.69, 9.17) is 9.84 Å². The largest absolute Gasteiger partial charge is 0.497 e. The van der Waals surface area contributed by atoms with Gasteiger partial charge in [-0.1, -0.05) is 12.1 Å². The van der Waals surface area contributed by atoms with Crippen molar-refractivity contribution in [3.8, 4) is 5.75 Å². The summed E-state index contributed by atoms with van der Waals surface area (Å²) in [7, 11) is 1.66. The second kappa shape index (κ2) is 5.73. The van der Waals surface area contributed by atoms with E-state index in [1.807, 2.05) is 24.3 Å². The number of hydrogen-bond acceptors (Lipinski definition) is 3. The van der Waals surface area contributed by atoms with Crippen molar-refractivity contribution in [3.05, 3.63) is 29.8 Å². The third-order valence-electron chi connectivity index (χ3n) is 2.34. The Morgan fingerprint density at radius 2 is 1.87 bits per heavy atom. The van der Waals surface area contributed by atoms with Gasteiger partial charge in [-0.05, 0) is 31.5 Å². The molecule has 1 aromatic rings. The first-order valence-electron chi connectivity index (χ1n) is 5.19. The Bertz CT molecular complexity index is 282. The van der Waals surface area contributed by atoms with Gasteiger partial charge in [-0.2, -0.15) is 0 Å². The van der Waals surface area contributed by atoms with Gasteiger partial charge in [0.2, 0.25) is 0 Å². The number of methoxy groups -OCH3 is 1. The van der Waals surface area contributed by atoms with Gasteiger partial charge in [0, 0.05) is 12.6 Å². The van der Waals surface area contributed by atoms with E-state index in [2.05, 4.69) is 12.2 Å². The first-order chi connectivity index (χ1) is 7.13. The Hall–Kier alpha value is -1.06. The molecule has 1 unspecified atom stereocenters. The molecule has 15 heavy (non-hydrogen) atoms. The third kappa shape index (κ3) is 3.90. The van der Waals surface area contributed by atoms with Gasteiger partial charge < -0.3 is 15.2 Å². The molecule has 0 radical (unpaired) electrons. The van der Waals surface area contributed by atoms with Crippen LogP contribution in [0.1, 0.15) is 25.5 Å². The van der Waals surface area contributed by atoms with E-state index < -0.39 is 0 Å². The number of hydrogen-bond donors (Lipinski definition) is 2. The molecule has 0 amide bonds. The van der Waals surface area contributed by atoms with Gasteiger partial charge in [-0.25, -0.2) is 0 Å². The van der Waals surface area contributed by atoms with Gasteiger partial charge in [0.1, 0.15) is 5.75 Å². The topological polar surface area (TPSA) is 41.5 Å². The van der Waals surface area contributed by atoms with Crippen molar-refractivity contribution >= 4 is 0 Å². The van der Waals surface area contributed by atoms with Crippen LogP contribution in [-0.4, -0.2) is 24.9 Å². The van der Waals surface area contributed by atoms with Crippen molar-refractivity contribution in [2.75, 3.05) is 13.7 Å². The summed E-state index contributed by atoms with van der Waals surface area (Å²) in [4.78, 5) is 0. The summed E-state index contributed by atoms with van der Waals surface area (Å²) in [5, 5.41) is 12.4. The van der Waals surface area contributed by atoms with Crippen LogP contribution in [0.4, 0.5) is 0 Å². The highest BCUT2D eigenvalue weighted by molar-refractivity contribution is 5.28. The standard InChI is InChI=1S/C12H19NO2/c1-9(14)8-13-10(2)11-4-6-12(15-3)7-5-11/h4-7,9-10,13-14H,8H2,1-3H3/t9-,10?/m0/s1. The van der Waals surface area contributed by atoms with Crippen molar-refractivity contribution in [2.45, 2.75) is 26.0 Å². The summed E-state index contributed by atoms with van der Waals surface area (Å²) in [6, 6.07) is 8.17. The van der Waals surface area contributed by atoms with E-state index in [0.29, 0.717) is 6.54 Å². The van der Waals surface area contributed by atoms with E-state index in [1.165, 1.54) is 5.56 Å². The number of ether oxygens (including phenoxy) is 1. The van der Waals surface area contributed by atoms with Gasteiger partial charge >= 0.3 is 0 Å². The van der Waals surface area contributed by atoms with E-state index >= 15 is 0 Å². The Kier molecular flexibility index (Phi) is 4.59. The molecule has 1 rings (SSSR count). The van der Waals surface area contributed by atoms with E-state index in [0.717, 1.165) is 5.75 Å². The molecule has 0 aliphatic carbocycles. The maximum atomic E-state index is 9.15. The molecule has 84 valence electrons. The monoisotopic (exact) mass is 209 g/mol. The van der Waals surface area contributed by atoms with Gasteiger partial charge in [0.15, 0.2) is 0 Å². The van der Waals surface area contributed by atoms with Crippen LogP contribution in [0.5, 0.6) is 5.75 Å². The van der Waals surface area contributed by atoms with Crippen molar-refractivity contribution < 1.29 is 9.84 Å². The fraction of sp³-hybridized carbons (Fsp3) is 0.500. The number of rotatable bonds is 5. The molecule has 1 aromatic carbocycles. The predicted octanol–water partition coefficient (Wildman–Crippen LogP) is 1.73. The lowest BCUT2D eigenvalue weighted by atomic mass is 10.1. The zero-order valence-electron chi connectivity index (χ0n) is 9.53. The highest BCUT2D eigenvalue weighted by Gasteiger charge is 2.05. The maximum Gasteiger partial charge on any atom is 0.118 e. The van der Waals surface area contributed by atoms with Crippen LogP contribution >= 0.6 is 0 Å².